The predicted molar refractivity (Wildman–Crippen MR) is 114 cm³/mol. The SMILES string of the molecule is CC(C)(O)[C@H](F)CNC(=O)c1ccc(-n2ncc3cc(C#N)cnc32)nc1NCCC(F)(F)F. The molecule has 1 atom stereocenters. The quantitative estimate of drug-likeness (QED) is 0.424. The third-order valence-corrected chi connectivity index (χ3v) is 4.79. The maximum atomic E-state index is 14.0. The number of carbonyl (C=O) groups excluding carboxylic acids is 1. The van der Waals surface area contributed by atoms with E-state index in [-0.39, 0.29) is 17.2 Å². The summed E-state index contributed by atoms with van der Waals surface area (Å²) < 4.78 is 53.2. The summed E-state index contributed by atoms with van der Waals surface area (Å²) in [6, 6.07) is 6.23. The van der Waals surface area contributed by atoms with Gasteiger partial charge in [-0.1, -0.05) is 0 Å². The van der Waals surface area contributed by atoms with Crippen LogP contribution in [0.2, 0.25) is 0 Å². The van der Waals surface area contributed by atoms with Gasteiger partial charge in [0.15, 0.2) is 11.5 Å². The third kappa shape index (κ3) is 5.96. The average molecular weight is 479 g/mol. The largest absolute Gasteiger partial charge is 0.390 e. The van der Waals surface area contributed by atoms with Crippen LogP contribution in [0.25, 0.3) is 16.9 Å². The lowest BCUT2D eigenvalue weighted by atomic mass is 10.0. The number of amides is 1. The van der Waals surface area contributed by atoms with Gasteiger partial charge in [0, 0.05) is 18.1 Å². The van der Waals surface area contributed by atoms with Crippen LogP contribution in [-0.4, -0.2) is 61.8 Å². The first-order valence-corrected chi connectivity index (χ1v) is 10.1. The van der Waals surface area contributed by atoms with Crippen LogP contribution in [-0.2, 0) is 0 Å². The molecule has 0 fully saturated rings. The van der Waals surface area contributed by atoms with Crippen LogP contribution >= 0.6 is 0 Å². The van der Waals surface area contributed by atoms with E-state index in [9.17, 15) is 27.5 Å². The normalized spacial score (nSPS) is 12.9. The lowest BCUT2D eigenvalue weighted by molar-refractivity contribution is -0.131. The number of nitrogens with one attached hydrogen (secondary N) is 2. The van der Waals surface area contributed by atoms with Crippen LogP contribution < -0.4 is 10.6 Å². The van der Waals surface area contributed by atoms with Crippen LogP contribution in [0.3, 0.4) is 0 Å². The van der Waals surface area contributed by atoms with Crippen LogP contribution in [0.5, 0.6) is 0 Å². The number of aliphatic hydroxyl groups is 1. The molecule has 1 amide bonds. The highest BCUT2D eigenvalue weighted by molar-refractivity contribution is 5.99. The lowest BCUT2D eigenvalue weighted by Crippen LogP contribution is -2.42. The Hall–Kier alpha value is -3.79. The van der Waals surface area contributed by atoms with Gasteiger partial charge in [-0.3, -0.25) is 4.79 Å². The van der Waals surface area contributed by atoms with E-state index in [2.05, 4.69) is 25.7 Å². The van der Waals surface area contributed by atoms with Crippen molar-refractivity contribution in [1.29, 1.82) is 5.26 Å². The summed E-state index contributed by atoms with van der Waals surface area (Å²) in [5.74, 6) is -0.809. The molecule has 3 heterocycles. The summed E-state index contributed by atoms with van der Waals surface area (Å²) in [4.78, 5) is 21.0. The highest BCUT2D eigenvalue weighted by atomic mass is 19.4. The summed E-state index contributed by atoms with van der Waals surface area (Å²) in [7, 11) is 0. The molecule has 3 aromatic heterocycles. The summed E-state index contributed by atoms with van der Waals surface area (Å²) in [5, 5.41) is 28.2. The molecule has 0 aliphatic carbocycles. The van der Waals surface area contributed by atoms with Crippen molar-refractivity contribution < 1.29 is 27.5 Å². The molecule has 0 spiro atoms. The molecule has 9 nitrogen and oxygen atoms in total. The van der Waals surface area contributed by atoms with Crippen molar-refractivity contribution in [2.24, 2.45) is 0 Å². The minimum Gasteiger partial charge on any atom is -0.387 e. The van der Waals surface area contributed by atoms with Gasteiger partial charge < -0.3 is 15.7 Å². The van der Waals surface area contributed by atoms with Gasteiger partial charge in [-0.25, -0.2) is 14.4 Å². The van der Waals surface area contributed by atoms with Crippen LogP contribution in [0.15, 0.2) is 30.6 Å². The van der Waals surface area contributed by atoms with Gasteiger partial charge in [-0.2, -0.15) is 28.2 Å². The number of fused-ring (bicyclic) bond motifs is 1. The standard InChI is InChI=1S/C21H21F4N7O2/c1-20(2,34)15(22)11-29-19(33)14-3-4-16(31-17(14)27-6-5-21(23,24)25)32-18-13(10-30-32)7-12(8-26)9-28-18/h3-4,7,9-10,15,34H,5-6,11H2,1-2H3,(H,27,31)(H,29,33)/t15-/m1/s1. The van der Waals surface area contributed by atoms with E-state index in [4.69, 9.17) is 5.26 Å². The second-order valence-corrected chi connectivity index (χ2v) is 7.99. The van der Waals surface area contributed by atoms with Gasteiger partial charge in [0.05, 0.1) is 35.9 Å². The Morgan fingerprint density at radius 3 is 2.68 bits per heavy atom. The molecule has 180 valence electrons. The smallest absolute Gasteiger partial charge is 0.387 e. The van der Waals surface area contributed by atoms with Crippen molar-refractivity contribution in [1.82, 2.24) is 25.1 Å². The minimum absolute atomic E-state index is 0.120. The number of hydrogen-bond acceptors (Lipinski definition) is 7. The number of anilines is 1. The van der Waals surface area contributed by atoms with Gasteiger partial charge in [0.1, 0.15) is 18.1 Å². The number of alkyl halides is 4. The zero-order chi connectivity index (χ0) is 25.1. The van der Waals surface area contributed by atoms with Crippen molar-refractivity contribution in [3.63, 3.8) is 0 Å². The fourth-order valence-electron chi connectivity index (χ4n) is 2.88. The summed E-state index contributed by atoms with van der Waals surface area (Å²) in [6.45, 7) is 1.42. The number of pyridine rings is 2. The molecule has 3 N–H and O–H groups in total. The van der Waals surface area contributed by atoms with E-state index < -0.39 is 43.4 Å². The van der Waals surface area contributed by atoms with E-state index in [1.807, 2.05) is 6.07 Å². The van der Waals surface area contributed by atoms with Gasteiger partial charge in [0.2, 0.25) is 0 Å². The fraction of sp³-hybridized carbons (Fsp3) is 0.381. The summed E-state index contributed by atoms with van der Waals surface area (Å²) in [6.07, 6.45) is -4.60. The molecule has 0 saturated heterocycles. The van der Waals surface area contributed by atoms with Gasteiger partial charge in [-0.15, -0.1) is 0 Å². The van der Waals surface area contributed by atoms with Crippen LogP contribution in [0, 0.1) is 11.3 Å². The lowest BCUT2D eigenvalue weighted by Gasteiger charge is -2.22. The molecular formula is C21H21F4N7O2. The maximum absolute atomic E-state index is 14.0. The maximum Gasteiger partial charge on any atom is 0.390 e. The van der Waals surface area contributed by atoms with E-state index in [1.54, 1.807) is 6.07 Å². The van der Waals surface area contributed by atoms with Crippen molar-refractivity contribution in [2.75, 3.05) is 18.4 Å². The second kappa shape index (κ2) is 9.60. The van der Waals surface area contributed by atoms with E-state index in [0.717, 1.165) is 0 Å². The molecular weight excluding hydrogens is 458 g/mol. The number of rotatable bonds is 8. The number of aromatic nitrogens is 4. The molecule has 0 bridgehead atoms. The van der Waals surface area contributed by atoms with E-state index >= 15 is 0 Å². The third-order valence-electron chi connectivity index (χ3n) is 4.79. The predicted octanol–water partition coefficient (Wildman–Crippen LogP) is 2.89. The zero-order valence-corrected chi connectivity index (χ0v) is 18.2. The van der Waals surface area contributed by atoms with Crippen molar-refractivity contribution in [3.8, 4) is 11.9 Å². The van der Waals surface area contributed by atoms with Gasteiger partial charge in [-0.05, 0) is 32.0 Å². The number of nitrogens with zero attached hydrogens (tertiary/aromatic N) is 5. The van der Waals surface area contributed by atoms with E-state index in [1.165, 1.54) is 43.1 Å². The molecule has 0 unspecified atom stereocenters. The molecule has 3 rings (SSSR count). The number of halogens is 4. The van der Waals surface area contributed by atoms with Crippen molar-refractivity contribution in [3.05, 3.63) is 41.7 Å². The van der Waals surface area contributed by atoms with E-state index in [0.29, 0.717) is 16.6 Å². The Bertz CT molecular complexity index is 1230. The molecule has 0 aliphatic heterocycles. The Balaban J connectivity index is 1.92. The van der Waals surface area contributed by atoms with Gasteiger partial charge >= 0.3 is 6.18 Å². The first-order chi connectivity index (χ1) is 15.9. The first kappa shape index (κ1) is 24.8. The Labute approximate surface area is 191 Å². The highest BCUT2D eigenvalue weighted by Gasteiger charge is 2.28. The molecule has 0 radical (unpaired) electrons. The molecule has 34 heavy (non-hydrogen) atoms. The Kier molecular flexibility index (Phi) is 7.01. The number of carbonyl (C=O) groups is 1. The summed E-state index contributed by atoms with van der Waals surface area (Å²) in [5.41, 5.74) is -1.15. The molecule has 0 saturated carbocycles. The Morgan fingerprint density at radius 2 is 2.03 bits per heavy atom. The zero-order valence-electron chi connectivity index (χ0n) is 18.2. The van der Waals surface area contributed by atoms with Crippen LogP contribution in [0.1, 0.15) is 36.2 Å². The van der Waals surface area contributed by atoms with Crippen molar-refractivity contribution >= 4 is 22.8 Å². The molecule has 0 aromatic carbocycles. The first-order valence-electron chi connectivity index (χ1n) is 10.1. The van der Waals surface area contributed by atoms with Gasteiger partial charge in [0.25, 0.3) is 5.91 Å². The monoisotopic (exact) mass is 479 g/mol. The number of hydrogen-bond donors (Lipinski definition) is 3. The molecule has 13 heteroatoms. The fourth-order valence-corrected chi connectivity index (χ4v) is 2.88. The minimum atomic E-state index is -4.43. The van der Waals surface area contributed by atoms with Crippen LogP contribution in [0.4, 0.5) is 23.4 Å². The molecule has 3 aromatic rings. The molecule has 0 aliphatic rings. The second-order valence-electron chi connectivity index (χ2n) is 7.99. The van der Waals surface area contributed by atoms with Crippen molar-refractivity contribution in [2.45, 2.75) is 38.2 Å². The summed E-state index contributed by atoms with van der Waals surface area (Å²) >= 11 is 0. The Morgan fingerprint density at radius 1 is 1.29 bits per heavy atom. The average Bonchev–Trinajstić information content (AvgIpc) is 3.18. The highest BCUT2D eigenvalue weighted by Crippen LogP contribution is 2.23. The topological polar surface area (TPSA) is 129 Å². The number of nitriles is 1.